The lowest BCUT2D eigenvalue weighted by Crippen LogP contribution is -2.27. The molecule has 0 aromatic rings. The number of carbonyl (C=O) groups excluding carboxylic acids is 1. The first kappa shape index (κ1) is 16.7. The fraction of sp³-hybridized carbons (Fsp3) is 0.571. The van der Waals surface area contributed by atoms with Crippen molar-refractivity contribution < 1.29 is 33.9 Å². The van der Waals surface area contributed by atoms with Crippen molar-refractivity contribution in [2.75, 3.05) is 6.61 Å². The normalized spacial score (nSPS) is 11.1. The highest BCUT2D eigenvalue weighted by Crippen LogP contribution is 2.25. The Labute approximate surface area is 87.2 Å². The van der Waals surface area contributed by atoms with Crippen LogP contribution >= 0.6 is 7.82 Å². The number of phosphoric acid groups is 1. The van der Waals surface area contributed by atoms with Crippen LogP contribution in [0, 0.1) is 0 Å². The molecule has 90 valence electrons. The smallest absolute Gasteiger partial charge is 0.460 e. The Morgan fingerprint density at radius 2 is 1.80 bits per heavy atom. The molecule has 4 N–H and O–H groups in total. The molecule has 0 spiro atoms. The summed E-state index contributed by atoms with van der Waals surface area (Å²) in [5, 5.41) is 9.05. The summed E-state index contributed by atoms with van der Waals surface area (Å²) in [6.07, 6.45) is 1.06. The van der Waals surface area contributed by atoms with Gasteiger partial charge in [0.2, 0.25) is 0 Å². The molecule has 0 fully saturated rings. The zero-order chi connectivity index (χ0) is 12.7. The van der Waals surface area contributed by atoms with E-state index < -0.39 is 19.4 Å². The lowest BCUT2D eigenvalue weighted by atomic mass is 10.2. The summed E-state index contributed by atoms with van der Waals surface area (Å²) in [7, 11) is -4.64. The predicted molar refractivity (Wildman–Crippen MR) is 51.7 cm³/mol. The van der Waals surface area contributed by atoms with Gasteiger partial charge >= 0.3 is 13.8 Å². The van der Waals surface area contributed by atoms with Gasteiger partial charge in [-0.25, -0.2) is 9.36 Å². The molecule has 8 heteroatoms. The van der Waals surface area contributed by atoms with E-state index in [1.165, 1.54) is 0 Å². The zero-order valence-electron chi connectivity index (χ0n) is 8.45. The number of hydrogen-bond donors (Lipinski definition) is 4. The molecule has 0 bridgehead atoms. The molecule has 0 aromatic carbocycles. The van der Waals surface area contributed by atoms with E-state index in [2.05, 4.69) is 11.3 Å². The largest absolute Gasteiger partial charge is 0.466 e. The maximum Gasteiger partial charge on any atom is 0.466 e. The van der Waals surface area contributed by atoms with Gasteiger partial charge in [-0.05, 0) is 13.8 Å². The summed E-state index contributed by atoms with van der Waals surface area (Å²) in [5.41, 5.74) is -0.960. The van der Waals surface area contributed by atoms with E-state index in [1.807, 2.05) is 0 Å². The second-order valence-electron chi connectivity index (χ2n) is 3.14. The van der Waals surface area contributed by atoms with Crippen LogP contribution in [0.25, 0.3) is 0 Å². The van der Waals surface area contributed by atoms with Gasteiger partial charge in [-0.15, -0.1) is 0 Å². The third-order valence-electron chi connectivity index (χ3n) is 0.734. The molecule has 0 saturated carbocycles. The van der Waals surface area contributed by atoms with Crippen molar-refractivity contribution in [3.8, 4) is 0 Å². The Balaban J connectivity index is 0. The van der Waals surface area contributed by atoms with E-state index in [1.54, 1.807) is 13.8 Å². The summed E-state index contributed by atoms with van der Waals surface area (Å²) in [4.78, 5) is 32.0. The number of esters is 1. The predicted octanol–water partition coefficient (Wildman–Crippen LogP) is -0.442. The van der Waals surface area contributed by atoms with Gasteiger partial charge in [-0.1, -0.05) is 6.58 Å². The molecule has 0 aliphatic rings. The van der Waals surface area contributed by atoms with Crippen molar-refractivity contribution in [1.82, 2.24) is 0 Å². The van der Waals surface area contributed by atoms with Crippen LogP contribution in [0.4, 0.5) is 0 Å². The average Bonchev–Trinajstić information content (AvgIpc) is 1.95. The van der Waals surface area contributed by atoms with Gasteiger partial charge in [0.15, 0.2) is 0 Å². The summed E-state index contributed by atoms with van der Waals surface area (Å²) in [5.74, 6) is -0.512. The van der Waals surface area contributed by atoms with Gasteiger partial charge in [-0.3, -0.25) is 0 Å². The van der Waals surface area contributed by atoms with Crippen molar-refractivity contribution in [1.29, 1.82) is 0 Å². The van der Waals surface area contributed by atoms with E-state index in [0.29, 0.717) is 0 Å². The van der Waals surface area contributed by atoms with Crippen molar-refractivity contribution in [2.24, 2.45) is 0 Å². The topological polar surface area (TPSA) is 124 Å². The molecule has 0 amide bonds. The van der Waals surface area contributed by atoms with Crippen LogP contribution in [0.3, 0.4) is 0 Å². The SMILES string of the molecule is C=CC(=O)OCC(C)(C)O.O=P(O)(O)O. The second kappa shape index (κ2) is 6.71. The maximum absolute atomic E-state index is 10.4. The molecular formula is C7H15O7P. The van der Waals surface area contributed by atoms with Crippen LogP contribution in [0.1, 0.15) is 13.8 Å². The van der Waals surface area contributed by atoms with Gasteiger partial charge < -0.3 is 24.5 Å². The first-order valence-electron chi connectivity index (χ1n) is 3.75. The number of rotatable bonds is 3. The highest BCUT2D eigenvalue weighted by Gasteiger charge is 2.13. The fourth-order valence-corrected chi connectivity index (χ4v) is 0.307. The van der Waals surface area contributed by atoms with Crippen LogP contribution in [-0.4, -0.2) is 38.0 Å². The minimum atomic E-state index is -4.64. The Kier molecular flexibility index (Phi) is 7.47. The molecule has 0 radical (unpaired) electrons. The molecule has 0 rings (SSSR count). The van der Waals surface area contributed by atoms with E-state index in [0.717, 1.165) is 6.08 Å². The first-order chi connectivity index (χ1) is 6.45. The quantitative estimate of drug-likeness (QED) is 0.300. The van der Waals surface area contributed by atoms with Crippen LogP contribution in [-0.2, 0) is 14.1 Å². The number of carbonyl (C=O) groups is 1. The molecule has 0 aliphatic heterocycles. The highest BCUT2D eigenvalue weighted by molar-refractivity contribution is 7.45. The zero-order valence-corrected chi connectivity index (χ0v) is 9.35. The average molecular weight is 242 g/mol. The standard InChI is InChI=1S/C7H12O3.H3O4P/c1-4-6(8)10-5-7(2,3)9;1-5(2,3)4/h4,9H,1,5H2,2-3H3;(H3,1,2,3,4). The van der Waals surface area contributed by atoms with Gasteiger partial charge in [0, 0.05) is 6.08 Å². The minimum absolute atomic E-state index is 0.00213. The Bertz CT molecular complexity index is 240. The molecule has 15 heavy (non-hydrogen) atoms. The number of ether oxygens (including phenoxy) is 1. The number of hydrogen-bond acceptors (Lipinski definition) is 4. The van der Waals surface area contributed by atoms with Gasteiger partial charge in [-0.2, -0.15) is 0 Å². The Morgan fingerprint density at radius 3 is 2.00 bits per heavy atom. The molecular weight excluding hydrogens is 227 g/mol. The second-order valence-corrected chi connectivity index (χ2v) is 4.16. The summed E-state index contributed by atoms with van der Waals surface area (Å²) < 4.78 is 13.4. The Hall–Kier alpha value is -0.720. The number of aliphatic hydroxyl groups is 1. The molecule has 0 aliphatic carbocycles. The fourth-order valence-electron chi connectivity index (χ4n) is 0.307. The maximum atomic E-state index is 10.4. The van der Waals surface area contributed by atoms with Gasteiger partial charge in [0.1, 0.15) is 6.61 Å². The van der Waals surface area contributed by atoms with Crippen molar-refractivity contribution in [3.63, 3.8) is 0 Å². The Morgan fingerprint density at radius 1 is 1.47 bits per heavy atom. The summed E-state index contributed by atoms with van der Waals surface area (Å²) in [6, 6.07) is 0. The molecule has 0 saturated heterocycles. The molecule has 0 heterocycles. The third kappa shape index (κ3) is 31.9. The van der Waals surface area contributed by atoms with Crippen molar-refractivity contribution in [3.05, 3.63) is 12.7 Å². The van der Waals surface area contributed by atoms with Crippen LogP contribution in [0.5, 0.6) is 0 Å². The van der Waals surface area contributed by atoms with E-state index in [-0.39, 0.29) is 6.61 Å². The minimum Gasteiger partial charge on any atom is -0.460 e. The van der Waals surface area contributed by atoms with Crippen LogP contribution in [0.15, 0.2) is 12.7 Å². The third-order valence-corrected chi connectivity index (χ3v) is 0.734. The molecule has 0 aromatic heterocycles. The van der Waals surface area contributed by atoms with E-state index in [4.69, 9.17) is 24.4 Å². The summed E-state index contributed by atoms with van der Waals surface area (Å²) in [6.45, 7) is 6.32. The lowest BCUT2D eigenvalue weighted by molar-refractivity contribution is -0.143. The van der Waals surface area contributed by atoms with Crippen molar-refractivity contribution >= 4 is 13.8 Å². The summed E-state index contributed by atoms with van der Waals surface area (Å²) >= 11 is 0. The van der Waals surface area contributed by atoms with Crippen LogP contribution < -0.4 is 0 Å². The van der Waals surface area contributed by atoms with Gasteiger partial charge in [0.25, 0.3) is 0 Å². The highest BCUT2D eigenvalue weighted by atomic mass is 31.2. The first-order valence-corrected chi connectivity index (χ1v) is 5.32. The van der Waals surface area contributed by atoms with Crippen molar-refractivity contribution in [2.45, 2.75) is 19.4 Å². The van der Waals surface area contributed by atoms with Crippen LogP contribution in [0.2, 0.25) is 0 Å². The van der Waals surface area contributed by atoms with E-state index >= 15 is 0 Å². The molecule has 7 nitrogen and oxygen atoms in total. The van der Waals surface area contributed by atoms with E-state index in [9.17, 15) is 4.79 Å². The monoisotopic (exact) mass is 242 g/mol. The lowest BCUT2D eigenvalue weighted by Gasteiger charge is -2.15. The molecule has 0 unspecified atom stereocenters. The molecule has 0 atom stereocenters. The van der Waals surface area contributed by atoms with Gasteiger partial charge in [0.05, 0.1) is 5.60 Å².